The van der Waals surface area contributed by atoms with Gasteiger partial charge >= 0.3 is 6.09 Å². The van der Waals surface area contributed by atoms with Gasteiger partial charge in [0.15, 0.2) is 11.6 Å². The Balaban J connectivity index is 3.10. The summed E-state index contributed by atoms with van der Waals surface area (Å²) in [5.74, 6) is -2.56. The fourth-order valence-electron chi connectivity index (χ4n) is 0.737. The number of carbonyl (C=O) groups is 1. The van der Waals surface area contributed by atoms with Crippen molar-refractivity contribution in [3.8, 4) is 5.75 Å². The summed E-state index contributed by atoms with van der Waals surface area (Å²) >= 11 is 0. The molecule has 0 saturated carbocycles. The molecule has 0 aliphatic carbocycles. The molecule has 0 unspecified atom stereocenters. The van der Waals surface area contributed by atoms with Crippen molar-refractivity contribution in [2.45, 2.75) is 0 Å². The molecule has 0 radical (unpaired) electrons. The van der Waals surface area contributed by atoms with Gasteiger partial charge in [0, 0.05) is 0 Å². The van der Waals surface area contributed by atoms with Gasteiger partial charge in [0.2, 0.25) is 0 Å². The lowest BCUT2D eigenvalue weighted by Gasteiger charge is -2.04. The third-order valence-corrected chi connectivity index (χ3v) is 1.30. The predicted molar refractivity (Wildman–Crippen MR) is 41.0 cm³/mol. The zero-order chi connectivity index (χ0) is 10.0. The van der Waals surface area contributed by atoms with Gasteiger partial charge < -0.3 is 16.2 Å². The summed E-state index contributed by atoms with van der Waals surface area (Å²) in [5.41, 5.74) is 8.89. The van der Waals surface area contributed by atoms with Gasteiger partial charge in [0.25, 0.3) is 0 Å². The van der Waals surface area contributed by atoms with Crippen LogP contribution in [0, 0.1) is 11.6 Å². The van der Waals surface area contributed by atoms with E-state index in [-0.39, 0.29) is 0 Å². The highest BCUT2D eigenvalue weighted by molar-refractivity contribution is 5.68. The van der Waals surface area contributed by atoms with Crippen molar-refractivity contribution in [3.63, 3.8) is 0 Å². The minimum Gasteiger partial charge on any atom is -0.407 e. The standard InChI is InChI=1S/C7H6F2N2O2/c8-3-1-2-4(13-7(11)12)5(9)6(3)10/h1-2H,10H2,(H2,11,12). The van der Waals surface area contributed by atoms with E-state index in [1.165, 1.54) is 0 Å². The molecule has 0 fully saturated rings. The number of nitrogens with two attached hydrogens (primary N) is 2. The van der Waals surface area contributed by atoms with Gasteiger partial charge in [-0.2, -0.15) is 0 Å². The van der Waals surface area contributed by atoms with Gasteiger partial charge in [-0.15, -0.1) is 0 Å². The molecule has 1 rings (SSSR count). The van der Waals surface area contributed by atoms with E-state index in [0.29, 0.717) is 0 Å². The van der Waals surface area contributed by atoms with Crippen LogP contribution >= 0.6 is 0 Å². The third kappa shape index (κ3) is 1.84. The van der Waals surface area contributed by atoms with Crippen LogP contribution in [-0.4, -0.2) is 6.09 Å². The molecule has 0 saturated heterocycles. The van der Waals surface area contributed by atoms with Crippen LogP contribution in [0.2, 0.25) is 0 Å². The number of halogens is 2. The number of anilines is 1. The Morgan fingerprint density at radius 2 is 2.00 bits per heavy atom. The van der Waals surface area contributed by atoms with Crippen LogP contribution in [0.3, 0.4) is 0 Å². The molecule has 0 bridgehead atoms. The summed E-state index contributed by atoms with van der Waals surface area (Å²) < 4.78 is 29.7. The summed E-state index contributed by atoms with van der Waals surface area (Å²) in [6.45, 7) is 0. The summed E-state index contributed by atoms with van der Waals surface area (Å²) in [6.07, 6.45) is -1.19. The Kier molecular flexibility index (Phi) is 2.32. The molecule has 1 aromatic rings. The molecular weight excluding hydrogens is 182 g/mol. The van der Waals surface area contributed by atoms with Crippen molar-refractivity contribution in [2.24, 2.45) is 5.73 Å². The number of hydrogen-bond donors (Lipinski definition) is 2. The molecule has 0 aliphatic heterocycles. The fraction of sp³-hybridized carbons (Fsp3) is 0. The highest BCUT2D eigenvalue weighted by Crippen LogP contribution is 2.24. The molecule has 1 aromatic carbocycles. The second-order valence-corrected chi connectivity index (χ2v) is 2.19. The molecule has 70 valence electrons. The molecule has 0 aromatic heterocycles. The van der Waals surface area contributed by atoms with Crippen molar-refractivity contribution < 1.29 is 18.3 Å². The zero-order valence-electron chi connectivity index (χ0n) is 6.38. The van der Waals surface area contributed by atoms with E-state index in [2.05, 4.69) is 10.5 Å². The number of ether oxygens (including phenoxy) is 1. The summed E-state index contributed by atoms with van der Waals surface area (Å²) in [6, 6.07) is 1.79. The van der Waals surface area contributed by atoms with E-state index < -0.39 is 29.2 Å². The van der Waals surface area contributed by atoms with E-state index in [1.54, 1.807) is 0 Å². The third-order valence-electron chi connectivity index (χ3n) is 1.30. The number of rotatable bonds is 1. The van der Waals surface area contributed by atoms with E-state index in [4.69, 9.17) is 5.73 Å². The number of carbonyl (C=O) groups excluding carboxylic acids is 1. The monoisotopic (exact) mass is 188 g/mol. The lowest BCUT2D eigenvalue weighted by atomic mass is 10.3. The van der Waals surface area contributed by atoms with Crippen molar-refractivity contribution in [2.75, 3.05) is 5.73 Å². The van der Waals surface area contributed by atoms with Crippen LogP contribution in [0.15, 0.2) is 12.1 Å². The van der Waals surface area contributed by atoms with Crippen LogP contribution < -0.4 is 16.2 Å². The number of amides is 1. The molecule has 6 heteroatoms. The van der Waals surface area contributed by atoms with Crippen molar-refractivity contribution in [1.82, 2.24) is 0 Å². The molecule has 1 amide bonds. The SMILES string of the molecule is NC(=O)Oc1ccc(F)c(N)c1F. The summed E-state index contributed by atoms with van der Waals surface area (Å²) in [4.78, 5) is 10.2. The quantitative estimate of drug-likeness (QED) is 0.645. The van der Waals surface area contributed by atoms with Crippen molar-refractivity contribution >= 4 is 11.8 Å². The smallest absolute Gasteiger partial charge is 0.407 e. The zero-order valence-corrected chi connectivity index (χ0v) is 6.38. The summed E-state index contributed by atoms with van der Waals surface area (Å²) in [5, 5.41) is 0. The average molecular weight is 188 g/mol. The number of primary amides is 1. The molecule has 0 atom stereocenters. The Bertz CT molecular complexity index is 355. The highest BCUT2D eigenvalue weighted by atomic mass is 19.1. The maximum Gasteiger partial charge on any atom is 0.410 e. The van der Waals surface area contributed by atoms with E-state index >= 15 is 0 Å². The van der Waals surface area contributed by atoms with Gasteiger partial charge in [-0.1, -0.05) is 0 Å². The first-order chi connectivity index (χ1) is 6.02. The molecular formula is C7H6F2N2O2. The van der Waals surface area contributed by atoms with Crippen LogP contribution in [0.5, 0.6) is 5.75 Å². The van der Waals surface area contributed by atoms with Crippen molar-refractivity contribution in [3.05, 3.63) is 23.8 Å². The summed E-state index contributed by atoms with van der Waals surface area (Å²) in [7, 11) is 0. The molecule has 0 spiro atoms. The molecule has 13 heavy (non-hydrogen) atoms. The number of benzene rings is 1. The van der Waals surface area contributed by atoms with Crippen LogP contribution in [-0.2, 0) is 0 Å². The van der Waals surface area contributed by atoms with E-state index in [1.807, 2.05) is 0 Å². The molecule has 4 nitrogen and oxygen atoms in total. The first-order valence-corrected chi connectivity index (χ1v) is 3.23. The normalized spacial score (nSPS) is 9.69. The molecule has 4 N–H and O–H groups in total. The Morgan fingerprint density at radius 3 is 2.54 bits per heavy atom. The van der Waals surface area contributed by atoms with Crippen molar-refractivity contribution in [1.29, 1.82) is 0 Å². The first-order valence-electron chi connectivity index (χ1n) is 3.23. The number of hydrogen-bond acceptors (Lipinski definition) is 3. The van der Waals surface area contributed by atoms with Gasteiger partial charge in [-0.3, -0.25) is 0 Å². The first kappa shape index (κ1) is 9.24. The topological polar surface area (TPSA) is 78.3 Å². The highest BCUT2D eigenvalue weighted by Gasteiger charge is 2.12. The van der Waals surface area contributed by atoms with E-state index in [0.717, 1.165) is 12.1 Å². The van der Waals surface area contributed by atoms with Gasteiger partial charge in [0.1, 0.15) is 11.5 Å². The second kappa shape index (κ2) is 3.26. The maximum absolute atomic E-state index is 12.9. The number of nitrogen functional groups attached to an aromatic ring is 1. The average Bonchev–Trinajstić information content (AvgIpc) is 2.06. The molecule has 0 aliphatic rings. The van der Waals surface area contributed by atoms with Crippen LogP contribution in [0.25, 0.3) is 0 Å². The Morgan fingerprint density at radius 1 is 1.38 bits per heavy atom. The van der Waals surface area contributed by atoms with E-state index in [9.17, 15) is 13.6 Å². The van der Waals surface area contributed by atoms with Crippen LogP contribution in [0.4, 0.5) is 19.3 Å². The van der Waals surface area contributed by atoms with Gasteiger partial charge in [0.05, 0.1) is 0 Å². The van der Waals surface area contributed by atoms with Gasteiger partial charge in [-0.25, -0.2) is 13.6 Å². The Hall–Kier alpha value is -1.85. The lowest BCUT2D eigenvalue weighted by molar-refractivity contribution is 0.208. The largest absolute Gasteiger partial charge is 0.410 e. The second-order valence-electron chi connectivity index (χ2n) is 2.19. The van der Waals surface area contributed by atoms with Crippen LogP contribution in [0.1, 0.15) is 0 Å². The minimum atomic E-state index is -1.19. The van der Waals surface area contributed by atoms with Gasteiger partial charge in [-0.05, 0) is 12.1 Å². The molecule has 0 heterocycles. The lowest BCUT2D eigenvalue weighted by Crippen LogP contribution is -2.17. The Labute approximate surface area is 72.1 Å². The predicted octanol–water partition coefficient (Wildman–Crippen LogP) is 1.00. The maximum atomic E-state index is 12.9. The fourth-order valence-corrected chi connectivity index (χ4v) is 0.737. The minimum absolute atomic E-state index is 0.494.